The normalized spacial score (nSPS) is 10.1. The van der Waals surface area contributed by atoms with Crippen LogP contribution in [0, 0.1) is 0 Å². The third-order valence-electron chi connectivity index (χ3n) is 3.57. The molecule has 0 spiro atoms. The standard InChI is InChI=1S/C19H24N2O3S2/c1-22-16-11-15(12-17(23-2)18(16)24-3)21-19(25)20-9-10-26-13-14-7-5-4-6-8-14/h4-8,11-12H,9-10,13H2,1-3H3,(H2,20,21,25). The first-order valence-electron chi connectivity index (χ1n) is 8.14. The third-order valence-corrected chi connectivity index (χ3v) is 4.84. The van der Waals surface area contributed by atoms with Gasteiger partial charge >= 0.3 is 0 Å². The molecule has 26 heavy (non-hydrogen) atoms. The highest BCUT2D eigenvalue weighted by Crippen LogP contribution is 2.39. The molecule has 140 valence electrons. The van der Waals surface area contributed by atoms with Crippen LogP contribution in [0.2, 0.25) is 0 Å². The first-order valence-corrected chi connectivity index (χ1v) is 9.70. The highest BCUT2D eigenvalue weighted by Gasteiger charge is 2.13. The predicted octanol–water partition coefficient (Wildman–Crippen LogP) is 3.93. The summed E-state index contributed by atoms with van der Waals surface area (Å²) in [6.45, 7) is 0.785. The second kappa shape index (κ2) is 10.8. The summed E-state index contributed by atoms with van der Waals surface area (Å²) in [5, 5.41) is 6.91. The first kappa shape index (κ1) is 20.2. The van der Waals surface area contributed by atoms with Crippen LogP contribution < -0.4 is 24.8 Å². The second-order valence-corrected chi connectivity index (χ2v) is 6.85. The molecule has 0 amide bonds. The Kier molecular flexibility index (Phi) is 8.37. The van der Waals surface area contributed by atoms with Gasteiger partial charge in [0.05, 0.1) is 21.3 Å². The van der Waals surface area contributed by atoms with Crippen molar-refractivity contribution in [2.24, 2.45) is 0 Å². The molecule has 0 aliphatic carbocycles. The lowest BCUT2D eigenvalue weighted by atomic mass is 10.2. The Morgan fingerprint density at radius 2 is 1.65 bits per heavy atom. The maximum absolute atomic E-state index is 5.35. The van der Waals surface area contributed by atoms with Crippen molar-refractivity contribution in [3.63, 3.8) is 0 Å². The molecule has 2 aromatic rings. The minimum Gasteiger partial charge on any atom is -0.493 e. The van der Waals surface area contributed by atoms with Gasteiger partial charge in [0, 0.05) is 35.9 Å². The SMILES string of the molecule is COc1cc(NC(=S)NCCSCc2ccccc2)cc(OC)c1OC. The maximum atomic E-state index is 5.35. The largest absolute Gasteiger partial charge is 0.493 e. The summed E-state index contributed by atoms with van der Waals surface area (Å²) in [7, 11) is 4.75. The quantitative estimate of drug-likeness (QED) is 0.495. The van der Waals surface area contributed by atoms with Crippen LogP contribution in [0.1, 0.15) is 5.56 Å². The molecule has 2 aromatic carbocycles. The molecule has 0 radical (unpaired) electrons. The molecule has 2 N–H and O–H groups in total. The molecule has 0 unspecified atom stereocenters. The molecule has 0 saturated heterocycles. The summed E-state index contributed by atoms with van der Waals surface area (Å²) >= 11 is 7.22. The average Bonchev–Trinajstić information content (AvgIpc) is 2.67. The van der Waals surface area contributed by atoms with Crippen molar-refractivity contribution in [1.29, 1.82) is 0 Å². The molecule has 0 saturated carbocycles. The molecule has 0 aliphatic heterocycles. The van der Waals surface area contributed by atoms with Crippen molar-refractivity contribution >= 4 is 34.8 Å². The fourth-order valence-corrected chi connectivity index (χ4v) is 3.37. The summed E-state index contributed by atoms with van der Waals surface area (Å²) in [5.74, 6) is 3.67. The van der Waals surface area contributed by atoms with Gasteiger partial charge in [-0.25, -0.2) is 0 Å². The van der Waals surface area contributed by atoms with Gasteiger partial charge in [0.2, 0.25) is 5.75 Å². The van der Waals surface area contributed by atoms with E-state index in [1.807, 2.05) is 30.0 Å². The van der Waals surface area contributed by atoms with Crippen LogP contribution in [0.3, 0.4) is 0 Å². The van der Waals surface area contributed by atoms with Crippen molar-refractivity contribution in [2.45, 2.75) is 5.75 Å². The van der Waals surface area contributed by atoms with Gasteiger partial charge in [-0.05, 0) is 17.8 Å². The zero-order valence-corrected chi connectivity index (χ0v) is 16.8. The number of hydrogen-bond acceptors (Lipinski definition) is 5. The predicted molar refractivity (Wildman–Crippen MR) is 113 cm³/mol. The van der Waals surface area contributed by atoms with Crippen LogP contribution in [0.5, 0.6) is 17.2 Å². The van der Waals surface area contributed by atoms with Gasteiger partial charge in [0.25, 0.3) is 0 Å². The van der Waals surface area contributed by atoms with E-state index in [-0.39, 0.29) is 0 Å². The third kappa shape index (κ3) is 6.00. The highest BCUT2D eigenvalue weighted by molar-refractivity contribution is 7.98. The highest BCUT2D eigenvalue weighted by atomic mass is 32.2. The first-order chi connectivity index (χ1) is 12.7. The van der Waals surface area contributed by atoms with Crippen molar-refractivity contribution < 1.29 is 14.2 Å². The second-order valence-electron chi connectivity index (χ2n) is 5.33. The van der Waals surface area contributed by atoms with Gasteiger partial charge in [-0.15, -0.1) is 0 Å². The fraction of sp³-hybridized carbons (Fsp3) is 0.316. The summed E-state index contributed by atoms with van der Waals surface area (Å²) < 4.78 is 16.0. The average molecular weight is 393 g/mol. The molecule has 0 fully saturated rings. The Bertz CT molecular complexity index is 686. The van der Waals surface area contributed by atoms with E-state index in [1.54, 1.807) is 21.3 Å². The van der Waals surface area contributed by atoms with E-state index in [9.17, 15) is 0 Å². The Morgan fingerprint density at radius 3 is 2.23 bits per heavy atom. The van der Waals surface area contributed by atoms with E-state index in [1.165, 1.54) is 5.56 Å². The van der Waals surface area contributed by atoms with Gasteiger partial charge in [-0.3, -0.25) is 0 Å². The van der Waals surface area contributed by atoms with E-state index in [2.05, 4.69) is 34.9 Å². The van der Waals surface area contributed by atoms with Crippen molar-refractivity contribution in [1.82, 2.24) is 5.32 Å². The number of rotatable bonds is 9. The van der Waals surface area contributed by atoms with Crippen molar-refractivity contribution in [3.05, 3.63) is 48.0 Å². The molecule has 0 bridgehead atoms. The van der Waals surface area contributed by atoms with Gasteiger partial charge in [0.15, 0.2) is 16.6 Å². The van der Waals surface area contributed by atoms with Crippen LogP contribution in [0.15, 0.2) is 42.5 Å². The van der Waals surface area contributed by atoms with Crippen molar-refractivity contribution in [3.8, 4) is 17.2 Å². The Hall–Kier alpha value is -2.12. The number of hydrogen-bond donors (Lipinski definition) is 2. The van der Waals surface area contributed by atoms with E-state index in [0.717, 1.165) is 23.7 Å². The number of nitrogens with one attached hydrogen (secondary N) is 2. The molecule has 0 heterocycles. The number of benzene rings is 2. The van der Waals surface area contributed by atoms with Crippen LogP contribution in [-0.4, -0.2) is 38.7 Å². The van der Waals surface area contributed by atoms with Gasteiger partial charge in [-0.2, -0.15) is 11.8 Å². The van der Waals surface area contributed by atoms with E-state index >= 15 is 0 Å². The Balaban J connectivity index is 1.80. The van der Waals surface area contributed by atoms with Crippen LogP contribution in [-0.2, 0) is 5.75 Å². The molecule has 2 rings (SSSR count). The number of thioether (sulfide) groups is 1. The smallest absolute Gasteiger partial charge is 0.203 e. The molecule has 5 nitrogen and oxygen atoms in total. The maximum Gasteiger partial charge on any atom is 0.203 e. The minimum absolute atomic E-state index is 0.553. The van der Waals surface area contributed by atoms with Crippen molar-refractivity contribution in [2.75, 3.05) is 38.9 Å². The molecular weight excluding hydrogens is 368 g/mol. The van der Waals surface area contributed by atoms with Gasteiger partial charge in [-0.1, -0.05) is 30.3 Å². The number of ether oxygens (including phenoxy) is 3. The van der Waals surface area contributed by atoms with Crippen LogP contribution >= 0.6 is 24.0 Å². The Morgan fingerprint density at radius 1 is 1.00 bits per heavy atom. The van der Waals surface area contributed by atoms with E-state index < -0.39 is 0 Å². The lowest BCUT2D eigenvalue weighted by Crippen LogP contribution is -2.30. The zero-order valence-electron chi connectivity index (χ0n) is 15.2. The van der Waals surface area contributed by atoms with E-state index in [0.29, 0.717) is 22.4 Å². The number of methoxy groups -OCH3 is 3. The van der Waals surface area contributed by atoms with Crippen LogP contribution in [0.4, 0.5) is 5.69 Å². The monoisotopic (exact) mass is 392 g/mol. The molecule has 0 atom stereocenters. The fourth-order valence-electron chi connectivity index (χ4n) is 2.33. The molecular formula is C19H24N2O3S2. The minimum atomic E-state index is 0.553. The summed E-state index contributed by atoms with van der Waals surface area (Å²) in [6.07, 6.45) is 0. The summed E-state index contributed by atoms with van der Waals surface area (Å²) in [4.78, 5) is 0. The van der Waals surface area contributed by atoms with Gasteiger partial charge in [0.1, 0.15) is 0 Å². The lowest BCUT2D eigenvalue weighted by Gasteiger charge is -2.16. The molecule has 7 heteroatoms. The molecule has 0 aromatic heterocycles. The Labute approximate surface area is 164 Å². The summed E-state index contributed by atoms with van der Waals surface area (Å²) in [5.41, 5.74) is 2.10. The molecule has 0 aliphatic rings. The number of anilines is 1. The lowest BCUT2D eigenvalue weighted by molar-refractivity contribution is 0.324. The van der Waals surface area contributed by atoms with E-state index in [4.69, 9.17) is 26.4 Å². The number of thiocarbonyl (C=S) groups is 1. The topological polar surface area (TPSA) is 51.8 Å². The summed E-state index contributed by atoms with van der Waals surface area (Å²) in [6, 6.07) is 14.1. The zero-order chi connectivity index (χ0) is 18.8. The van der Waals surface area contributed by atoms with Gasteiger partial charge < -0.3 is 24.8 Å². The van der Waals surface area contributed by atoms with Crippen LogP contribution in [0.25, 0.3) is 0 Å².